The molecular formula is C19H33N3O. The van der Waals surface area contributed by atoms with Gasteiger partial charge in [0.15, 0.2) is 0 Å². The van der Waals surface area contributed by atoms with Crippen LogP contribution in [-0.2, 0) is 11.2 Å². The van der Waals surface area contributed by atoms with Gasteiger partial charge in [-0.1, -0.05) is 54.4 Å². The van der Waals surface area contributed by atoms with Crippen LogP contribution in [0.25, 0.3) is 0 Å². The van der Waals surface area contributed by atoms with E-state index in [1.165, 1.54) is 0 Å². The minimum atomic E-state index is -0.0400. The van der Waals surface area contributed by atoms with Crippen LogP contribution < -0.4 is 4.90 Å². The molecule has 0 unspecified atom stereocenters. The van der Waals surface area contributed by atoms with E-state index in [4.69, 9.17) is 0 Å². The van der Waals surface area contributed by atoms with E-state index in [1.54, 1.807) is 0 Å². The second-order valence-corrected chi connectivity index (χ2v) is 7.48. The van der Waals surface area contributed by atoms with Crippen molar-refractivity contribution in [3.8, 4) is 0 Å². The minimum absolute atomic E-state index is 0.0400. The molecule has 4 heteroatoms. The van der Waals surface area contributed by atoms with Crippen LogP contribution in [0, 0.1) is 5.41 Å². The van der Waals surface area contributed by atoms with Crippen molar-refractivity contribution in [3.63, 3.8) is 0 Å². The number of rotatable bonds is 8. The molecule has 23 heavy (non-hydrogen) atoms. The first-order valence-electron chi connectivity index (χ1n) is 8.95. The third-order valence-electron chi connectivity index (χ3n) is 3.87. The summed E-state index contributed by atoms with van der Waals surface area (Å²) in [7, 11) is 0. The topological polar surface area (TPSA) is 46.1 Å². The van der Waals surface area contributed by atoms with Gasteiger partial charge < -0.3 is 0 Å². The van der Waals surface area contributed by atoms with Crippen molar-refractivity contribution in [2.45, 2.75) is 86.1 Å². The molecule has 0 N–H and O–H groups in total. The highest BCUT2D eigenvalue weighted by molar-refractivity contribution is 5.92. The van der Waals surface area contributed by atoms with Crippen LogP contribution in [0.1, 0.15) is 79.2 Å². The number of nitrogens with zero attached hydrogens (tertiary/aromatic N) is 3. The zero-order valence-electron chi connectivity index (χ0n) is 15.7. The maximum absolute atomic E-state index is 13.0. The number of hydrogen-bond donors (Lipinski definition) is 0. The summed E-state index contributed by atoms with van der Waals surface area (Å²) in [4.78, 5) is 23.8. The van der Waals surface area contributed by atoms with E-state index in [1.807, 2.05) is 17.3 Å². The Morgan fingerprint density at radius 2 is 1.61 bits per heavy atom. The average Bonchev–Trinajstić information content (AvgIpc) is 2.47. The lowest BCUT2D eigenvalue weighted by molar-refractivity contribution is -0.120. The van der Waals surface area contributed by atoms with E-state index >= 15 is 0 Å². The van der Waals surface area contributed by atoms with Gasteiger partial charge in [0.05, 0.1) is 0 Å². The van der Waals surface area contributed by atoms with Crippen molar-refractivity contribution in [3.05, 3.63) is 18.0 Å². The van der Waals surface area contributed by atoms with E-state index in [-0.39, 0.29) is 17.4 Å². The average molecular weight is 319 g/mol. The van der Waals surface area contributed by atoms with Crippen molar-refractivity contribution >= 4 is 11.9 Å². The number of carbonyl (C=O) groups excluding carboxylic acids is 1. The Bertz CT molecular complexity index is 470. The standard InChI is InChI=1S/C19H33N3O/c1-7-10-16(11-8-2)22(17(23)12-19(4,5)6)18-20-13-15(9-3)14-21-18/h13-14,16H,7-12H2,1-6H3. The molecule has 0 aromatic carbocycles. The number of anilines is 1. The second-order valence-electron chi connectivity index (χ2n) is 7.48. The van der Waals surface area contributed by atoms with Crippen LogP contribution in [-0.4, -0.2) is 21.9 Å². The van der Waals surface area contributed by atoms with E-state index < -0.39 is 0 Å². The molecule has 0 spiro atoms. The van der Waals surface area contributed by atoms with Gasteiger partial charge in [0.25, 0.3) is 0 Å². The van der Waals surface area contributed by atoms with Gasteiger partial charge in [-0.15, -0.1) is 0 Å². The summed E-state index contributed by atoms with van der Waals surface area (Å²) in [5.74, 6) is 0.692. The summed E-state index contributed by atoms with van der Waals surface area (Å²) in [6.45, 7) is 12.7. The van der Waals surface area contributed by atoms with Crippen LogP contribution in [0.2, 0.25) is 0 Å². The summed E-state index contributed by atoms with van der Waals surface area (Å²) >= 11 is 0. The Morgan fingerprint density at radius 3 is 2.00 bits per heavy atom. The largest absolute Gasteiger partial charge is 0.278 e. The van der Waals surface area contributed by atoms with Gasteiger partial charge in [-0.2, -0.15) is 0 Å². The first-order valence-corrected chi connectivity index (χ1v) is 8.95. The molecule has 1 aromatic heterocycles. The first-order chi connectivity index (χ1) is 10.8. The van der Waals surface area contributed by atoms with Gasteiger partial charge in [0, 0.05) is 24.9 Å². The van der Waals surface area contributed by atoms with E-state index in [0.29, 0.717) is 12.4 Å². The van der Waals surface area contributed by atoms with Crippen LogP contribution in [0.3, 0.4) is 0 Å². The number of aromatic nitrogens is 2. The molecule has 0 saturated heterocycles. The molecule has 0 atom stereocenters. The van der Waals surface area contributed by atoms with E-state index in [9.17, 15) is 4.79 Å². The Hall–Kier alpha value is -1.45. The molecule has 0 aliphatic heterocycles. The predicted molar refractivity (Wildman–Crippen MR) is 96.6 cm³/mol. The maximum atomic E-state index is 13.0. The fourth-order valence-electron chi connectivity index (χ4n) is 2.74. The Labute approximate surface area is 141 Å². The quantitative estimate of drug-likeness (QED) is 0.693. The summed E-state index contributed by atoms with van der Waals surface area (Å²) in [5.41, 5.74) is 1.06. The van der Waals surface area contributed by atoms with Crippen LogP contribution >= 0.6 is 0 Å². The van der Waals surface area contributed by atoms with Crippen molar-refractivity contribution in [2.75, 3.05) is 4.90 Å². The summed E-state index contributed by atoms with van der Waals surface area (Å²) < 4.78 is 0. The van der Waals surface area contributed by atoms with E-state index in [2.05, 4.69) is 51.5 Å². The molecule has 0 radical (unpaired) electrons. The normalized spacial score (nSPS) is 11.8. The third kappa shape index (κ3) is 6.28. The summed E-state index contributed by atoms with van der Waals surface area (Å²) in [5, 5.41) is 0. The fraction of sp³-hybridized carbons (Fsp3) is 0.737. The highest BCUT2D eigenvalue weighted by Gasteiger charge is 2.29. The molecule has 1 rings (SSSR count). The SMILES string of the molecule is CCCC(CCC)N(C(=O)CC(C)(C)C)c1ncc(CC)cn1. The molecule has 0 bridgehead atoms. The molecule has 1 aromatic rings. The minimum Gasteiger partial charge on any atom is -0.278 e. The molecule has 1 heterocycles. The zero-order valence-corrected chi connectivity index (χ0v) is 15.7. The fourth-order valence-corrected chi connectivity index (χ4v) is 2.74. The van der Waals surface area contributed by atoms with Gasteiger partial charge in [0.1, 0.15) is 0 Å². The Balaban J connectivity index is 3.14. The Kier molecular flexibility index (Phi) is 7.66. The van der Waals surface area contributed by atoms with Crippen molar-refractivity contribution < 1.29 is 4.79 Å². The zero-order chi connectivity index (χ0) is 17.5. The number of hydrogen-bond acceptors (Lipinski definition) is 3. The van der Waals surface area contributed by atoms with Crippen molar-refractivity contribution in [2.24, 2.45) is 5.41 Å². The molecular weight excluding hydrogens is 286 g/mol. The monoisotopic (exact) mass is 319 g/mol. The summed E-state index contributed by atoms with van der Waals surface area (Å²) in [6, 6.07) is 0.187. The lowest BCUT2D eigenvalue weighted by atomic mass is 9.91. The predicted octanol–water partition coefficient (Wildman–Crippen LogP) is 4.78. The molecule has 1 amide bonds. The highest BCUT2D eigenvalue weighted by Crippen LogP contribution is 2.25. The van der Waals surface area contributed by atoms with Crippen LogP contribution in [0.15, 0.2) is 12.4 Å². The molecule has 130 valence electrons. The number of amides is 1. The molecule has 0 fully saturated rings. The van der Waals surface area contributed by atoms with Gasteiger partial charge in [0.2, 0.25) is 11.9 Å². The lowest BCUT2D eigenvalue weighted by Gasteiger charge is -2.32. The van der Waals surface area contributed by atoms with Crippen molar-refractivity contribution in [1.29, 1.82) is 0 Å². The Morgan fingerprint density at radius 1 is 1.09 bits per heavy atom. The summed E-state index contributed by atoms with van der Waals surface area (Å²) in [6.07, 6.45) is 9.18. The van der Waals surface area contributed by atoms with E-state index in [0.717, 1.165) is 37.7 Å². The third-order valence-corrected chi connectivity index (χ3v) is 3.87. The highest BCUT2D eigenvalue weighted by atomic mass is 16.2. The van der Waals surface area contributed by atoms with Gasteiger partial charge >= 0.3 is 0 Å². The van der Waals surface area contributed by atoms with Gasteiger partial charge in [-0.3, -0.25) is 9.69 Å². The van der Waals surface area contributed by atoms with Gasteiger partial charge in [-0.25, -0.2) is 9.97 Å². The molecule has 0 saturated carbocycles. The molecule has 4 nitrogen and oxygen atoms in total. The number of aryl methyl sites for hydroxylation is 1. The molecule has 0 aliphatic carbocycles. The van der Waals surface area contributed by atoms with Crippen molar-refractivity contribution in [1.82, 2.24) is 9.97 Å². The first kappa shape index (κ1) is 19.6. The molecule has 0 aliphatic rings. The maximum Gasteiger partial charge on any atom is 0.232 e. The number of carbonyl (C=O) groups is 1. The lowest BCUT2D eigenvalue weighted by Crippen LogP contribution is -2.43. The van der Waals surface area contributed by atoms with Crippen LogP contribution in [0.5, 0.6) is 0 Å². The smallest absolute Gasteiger partial charge is 0.232 e. The van der Waals surface area contributed by atoms with Crippen LogP contribution in [0.4, 0.5) is 5.95 Å². The second kappa shape index (κ2) is 8.99. The van der Waals surface area contributed by atoms with Gasteiger partial charge in [-0.05, 0) is 30.2 Å².